The van der Waals surface area contributed by atoms with Crippen molar-refractivity contribution in [3.05, 3.63) is 92.4 Å². The summed E-state index contributed by atoms with van der Waals surface area (Å²) < 4.78 is 8.77. The molecule has 0 atom stereocenters. The third kappa shape index (κ3) is 6.68. The molecule has 0 radical (unpaired) electrons. The lowest BCUT2D eigenvalue weighted by molar-refractivity contribution is -0.132. The minimum atomic E-state index is -0.449. The van der Waals surface area contributed by atoms with E-state index in [1.807, 2.05) is 54.6 Å². The molecule has 0 unspecified atom stereocenters. The molecule has 2 amide bonds. The van der Waals surface area contributed by atoms with E-state index in [1.165, 1.54) is 20.5 Å². The van der Waals surface area contributed by atoms with E-state index in [0.29, 0.717) is 42.9 Å². The molecule has 0 spiro atoms. The summed E-state index contributed by atoms with van der Waals surface area (Å²) in [5, 5.41) is 4.84. The summed E-state index contributed by atoms with van der Waals surface area (Å²) in [5.74, 6) is 0.749. The van der Waals surface area contributed by atoms with Gasteiger partial charge in [-0.3, -0.25) is 23.5 Å². The Labute approximate surface area is 265 Å². The number of anilines is 1. The molecular formula is C34H39N5O5S. The molecule has 0 bridgehead atoms. The Balaban J connectivity index is 1.10. The number of hydrogen-bond donors (Lipinski definition) is 1. The molecule has 1 N–H and O–H groups in total. The van der Waals surface area contributed by atoms with E-state index in [0.717, 1.165) is 42.7 Å². The summed E-state index contributed by atoms with van der Waals surface area (Å²) in [5.41, 5.74) is 1.81. The Bertz CT molecular complexity index is 1770. The molecule has 1 saturated heterocycles. The van der Waals surface area contributed by atoms with Crippen molar-refractivity contribution < 1.29 is 14.3 Å². The fraction of sp³-hybridized carbons (Fsp3) is 0.412. The van der Waals surface area contributed by atoms with Gasteiger partial charge in [0.25, 0.3) is 5.56 Å². The number of benzene rings is 2. The number of piperazine rings is 1. The molecule has 6 rings (SSSR count). The third-order valence-corrected chi connectivity index (χ3v) is 10.0. The van der Waals surface area contributed by atoms with E-state index in [9.17, 15) is 19.2 Å². The minimum absolute atomic E-state index is 0.0547. The quantitative estimate of drug-likeness (QED) is 0.303. The molecule has 4 aromatic rings. The molecule has 2 aromatic carbocycles. The van der Waals surface area contributed by atoms with E-state index >= 15 is 0 Å². The monoisotopic (exact) mass is 629 g/mol. The maximum Gasteiger partial charge on any atom is 0.332 e. The fourth-order valence-electron chi connectivity index (χ4n) is 6.56. The summed E-state index contributed by atoms with van der Waals surface area (Å²) in [7, 11) is 1.65. The Kier molecular flexibility index (Phi) is 9.34. The molecule has 1 saturated carbocycles. The van der Waals surface area contributed by atoms with Crippen LogP contribution in [0.4, 0.5) is 5.69 Å². The van der Waals surface area contributed by atoms with Crippen molar-refractivity contribution >= 4 is 39.1 Å². The first-order chi connectivity index (χ1) is 21.9. The highest BCUT2D eigenvalue weighted by molar-refractivity contribution is 7.17. The van der Waals surface area contributed by atoms with E-state index in [1.54, 1.807) is 23.5 Å². The normalized spacial score (nSPS) is 18.6. The molecule has 2 fully saturated rings. The van der Waals surface area contributed by atoms with Crippen molar-refractivity contribution in [2.75, 3.05) is 38.2 Å². The number of methoxy groups -OCH3 is 1. The number of nitrogens with zero attached hydrogens (tertiary/aromatic N) is 4. The first-order valence-electron chi connectivity index (χ1n) is 15.6. The van der Waals surface area contributed by atoms with Crippen molar-refractivity contribution in [2.24, 2.45) is 11.8 Å². The minimum Gasteiger partial charge on any atom is -0.495 e. The SMILES string of the molecule is COc1ccccc1N1CCN(C(=O)Cn2c(=O)n(CC3CCC(C(=O)NCc4ccccc4)CC3)c(=O)c3sccc32)CC1. The van der Waals surface area contributed by atoms with E-state index in [4.69, 9.17) is 4.74 Å². The Morgan fingerprint density at radius 2 is 1.60 bits per heavy atom. The molecule has 10 nitrogen and oxygen atoms in total. The molecule has 2 aromatic heterocycles. The van der Waals surface area contributed by atoms with Gasteiger partial charge in [0.1, 0.15) is 17.0 Å². The number of nitrogens with one attached hydrogen (secondary N) is 1. The molecule has 3 heterocycles. The van der Waals surface area contributed by atoms with Crippen molar-refractivity contribution in [1.82, 2.24) is 19.4 Å². The lowest BCUT2D eigenvalue weighted by Gasteiger charge is -2.36. The fourth-order valence-corrected chi connectivity index (χ4v) is 7.41. The topological polar surface area (TPSA) is 106 Å². The van der Waals surface area contributed by atoms with Gasteiger partial charge in [-0.2, -0.15) is 0 Å². The molecule has 2 aliphatic rings. The number of thiophene rings is 1. The molecule has 11 heteroatoms. The summed E-state index contributed by atoms with van der Waals surface area (Å²) in [4.78, 5) is 57.5. The lowest BCUT2D eigenvalue weighted by atomic mass is 9.81. The van der Waals surface area contributed by atoms with Gasteiger partial charge in [-0.05, 0) is 60.7 Å². The number of hydrogen-bond acceptors (Lipinski definition) is 7. The molecular weight excluding hydrogens is 590 g/mol. The molecule has 1 aliphatic heterocycles. The van der Waals surface area contributed by atoms with Gasteiger partial charge in [-0.15, -0.1) is 11.3 Å². The average molecular weight is 630 g/mol. The standard InChI is InChI=1S/C34H39N5O5S/c1-44-29-10-6-5-9-27(29)36-16-18-37(19-17-36)30(40)23-38-28-15-20-45-31(28)33(42)39(34(38)43)22-25-11-13-26(14-12-25)32(41)35-21-24-7-3-2-4-8-24/h2-10,15,20,25-26H,11-14,16-19,21-23H2,1H3,(H,35,41). The van der Waals surface area contributed by atoms with Crippen LogP contribution in [0.5, 0.6) is 5.75 Å². The number of carbonyl (C=O) groups is 2. The van der Waals surface area contributed by atoms with Crippen molar-refractivity contribution in [2.45, 2.75) is 45.3 Å². The number of aromatic nitrogens is 2. The summed E-state index contributed by atoms with van der Waals surface area (Å²) in [6, 6.07) is 19.4. The van der Waals surface area contributed by atoms with Crippen LogP contribution in [0.15, 0.2) is 75.6 Å². The van der Waals surface area contributed by atoms with Gasteiger partial charge in [-0.25, -0.2) is 4.79 Å². The van der Waals surface area contributed by atoms with Gasteiger partial charge in [0.2, 0.25) is 11.8 Å². The summed E-state index contributed by atoms with van der Waals surface area (Å²) in [6.45, 7) is 3.04. The lowest BCUT2D eigenvalue weighted by Crippen LogP contribution is -2.51. The predicted molar refractivity (Wildman–Crippen MR) is 176 cm³/mol. The first kappa shape index (κ1) is 30.6. The van der Waals surface area contributed by atoms with Crippen LogP contribution in [-0.2, 0) is 29.2 Å². The largest absolute Gasteiger partial charge is 0.495 e. The zero-order valence-corrected chi connectivity index (χ0v) is 26.3. The number of rotatable bonds is 9. The van der Waals surface area contributed by atoms with E-state index < -0.39 is 5.69 Å². The van der Waals surface area contributed by atoms with E-state index in [2.05, 4.69) is 10.2 Å². The van der Waals surface area contributed by atoms with Crippen LogP contribution in [0, 0.1) is 11.8 Å². The molecule has 45 heavy (non-hydrogen) atoms. The average Bonchev–Trinajstić information content (AvgIpc) is 3.58. The van der Waals surface area contributed by atoms with Gasteiger partial charge in [-0.1, -0.05) is 42.5 Å². The van der Waals surface area contributed by atoms with Crippen LogP contribution in [0.25, 0.3) is 10.2 Å². The van der Waals surface area contributed by atoms with Gasteiger partial charge in [0.15, 0.2) is 0 Å². The molecule has 1 aliphatic carbocycles. The summed E-state index contributed by atoms with van der Waals surface area (Å²) in [6.07, 6.45) is 2.95. The van der Waals surface area contributed by atoms with Crippen molar-refractivity contribution in [3.8, 4) is 5.75 Å². The third-order valence-electron chi connectivity index (χ3n) is 9.16. The van der Waals surface area contributed by atoms with Crippen LogP contribution in [0.3, 0.4) is 0 Å². The van der Waals surface area contributed by atoms with Crippen LogP contribution >= 0.6 is 11.3 Å². The van der Waals surface area contributed by atoms with Gasteiger partial charge in [0.05, 0.1) is 18.3 Å². The van der Waals surface area contributed by atoms with Gasteiger partial charge < -0.3 is 19.9 Å². The van der Waals surface area contributed by atoms with Gasteiger partial charge >= 0.3 is 5.69 Å². The van der Waals surface area contributed by atoms with Crippen molar-refractivity contribution in [3.63, 3.8) is 0 Å². The number of ether oxygens (including phenoxy) is 1. The zero-order valence-electron chi connectivity index (χ0n) is 25.5. The number of amides is 2. The highest BCUT2D eigenvalue weighted by atomic mass is 32.1. The predicted octanol–water partition coefficient (Wildman–Crippen LogP) is 3.70. The van der Waals surface area contributed by atoms with Gasteiger partial charge in [0, 0.05) is 45.2 Å². The second kappa shape index (κ2) is 13.7. The van der Waals surface area contributed by atoms with Crippen LogP contribution in [-0.4, -0.2) is 59.1 Å². The second-order valence-electron chi connectivity index (χ2n) is 11.9. The number of fused-ring (bicyclic) bond motifs is 1. The Morgan fingerprint density at radius 3 is 2.33 bits per heavy atom. The maximum absolute atomic E-state index is 13.8. The Morgan fingerprint density at radius 1 is 0.889 bits per heavy atom. The van der Waals surface area contributed by atoms with Crippen LogP contribution in [0.2, 0.25) is 0 Å². The summed E-state index contributed by atoms with van der Waals surface area (Å²) >= 11 is 1.30. The molecule has 236 valence electrons. The van der Waals surface area contributed by atoms with E-state index in [-0.39, 0.29) is 42.3 Å². The number of carbonyl (C=O) groups excluding carboxylic acids is 2. The number of para-hydroxylation sites is 2. The van der Waals surface area contributed by atoms with Crippen molar-refractivity contribution in [1.29, 1.82) is 0 Å². The smallest absolute Gasteiger partial charge is 0.332 e. The highest BCUT2D eigenvalue weighted by Crippen LogP contribution is 2.30. The highest BCUT2D eigenvalue weighted by Gasteiger charge is 2.29. The van der Waals surface area contributed by atoms with Crippen LogP contribution < -0.4 is 26.2 Å². The van der Waals surface area contributed by atoms with Crippen LogP contribution in [0.1, 0.15) is 31.2 Å². The zero-order chi connectivity index (χ0) is 31.3. The first-order valence-corrected chi connectivity index (χ1v) is 16.5. The maximum atomic E-state index is 13.8. The Hall–Kier alpha value is -4.38. The second-order valence-corrected chi connectivity index (χ2v) is 12.8.